The van der Waals surface area contributed by atoms with E-state index < -0.39 is 34.5 Å². The summed E-state index contributed by atoms with van der Waals surface area (Å²) in [6, 6.07) is 10.5. The zero-order chi connectivity index (χ0) is 16.2. The molecular formula is C15H12BF5. The van der Waals surface area contributed by atoms with E-state index >= 15 is 0 Å². The summed E-state index contributed by atoms with van der Waals surface area (Å²) in [6.45, 7) is 4.41. The molecule has 2 aromatic rings. The predicted molar refractivity (Wildman–Crippen MR) is 72.2 cm³/mol. The lowest BCUT2D eigenvalue weighted by Gasteiger charge is -2.02. The first-order chi connectivity index (χ1) is 9.77. The van der Waals surface area contributed by atoms with E-state index in [1.807, 2.05) is 6.07 Å². The molecule has 0 unspecified atom stereocenters. The molecule has 0 aliphatic carbocycles. The van der Waals surface area contributed by atoms with E-state index in [-0.39, 0.29) is 0 Å². The van der Waals surface area contributed by atoms with Crippen molar-refractivity contribution in [1.29, 1.82) is 0 Å². The van der Waals surface area contributed by atoms with E-state index in [1.54, 1.807) is 0 Å². The Bertz CT molecular complexity index is 506. The van der Waals surface area contributed by atoms with Crippen LogP contribution in [0.5, 0.6) is 0 Å². The number of hydrogen-bond donors (Lipinski definition) is 0. The van der Waals surface area contributed by atoms with Crippen LogP contribution in [-0.2, 0) is 0 Å². The van der Waals surface area contributed by atoms with E-state index in [2.05, 4.69) is 46.0 Å². The molecule has 21 heavy (non-hydrogen) atoms. The quantitative estimate of drug-likeness (QED) is 0.323. The van der Waals surface area contributed by atoms with Gasteiger partial charge in [0.1, 0.15) is 7.85 Å². The summed E-state index contributed by atoms with van der Waals surface area (Å²) in [5.41, 5.74) is 0.0453. The van der Waals surface area contributed by atoms with Gasteiger partial charge in [0.25, 0.3) is 0 Å². The van der Waals surface area contributed by atoms with Crippen LogP contribution in [0.4, 0.5) is 22.0 Å². The second-order valence-corrected chi connectivity index (χ2v) is 4.55. The lowest BCUT2D eigenvalue weighted by molar-refractivity contribution is 0.384. The summed E-state index contributed by atoms with van der Waals surface area (Å²) in [5, 5.41) is 0. The second-order valence-electron chi connectivity index (χ2n) is 4.55. The van der Waals surface area contributed by atoms with Gasteiger partial charge in [0.15, 0.2) is 29.1 Å². The molecule has 110 valence electrons. The third kappa shape index (κ3) is 4.06. The van der Waals surface area contributed by atoms with Crippen LogP contribution in [0.15, 0.2) is 30.3 Å². The largest absolute Gasteiger partial charge is 0.204 e. The van der Waals surface area contributed by atoms with Crippen molar-refractivity contribution in [2.24, 2.45) is 0 Å². The van der Waals surface area contributed by atoms with Gasteiger partial charge in [-0.3, -0.25) is 0 Å². The van der Waals surface area contributed by atoms with E-state index in [4.69, 9.17) is 0 Å². The predicted octanol–water partition coefficient (Wildman–Crippen LogP) is 3.99. The molecule has 0 aliphatic heterocycles. The van der Waals surface area contributed by atoms with Crippen LogP contribution in [-0.4, -0.2) is 7.85 Å². The first kappa shape index (κ1) is 17.2. The molecule has 0 aliphatic rings. The van der Waals surface area contributed by atoms with Crippen molar-refractivity contribution in [2.45, 2.75) is 19.8 Å². The number of hydrogen-bond acceptors (Lipinski definition) is 0. The molecule has 0 saturated heterocycles. The minimum Gasteiger partial charge on any atom is -0.204 e. The summed E-state index contributed by atoms with van der Waals surface area (Å²) in [7, 11) is 4.56. The summed E-state index contributed by atoms with van der Waals surface area (Å²) >= 11 is 0. The Morgan fingerprint density at radius 3 is 1.43 bits per heavy atom. The Kier molecular flexibility index (Phi) is 5.94. The maximum atomic E-state index is 12.3. The highest BCUT2D eigenvalue weighted by Gasteiger charge is 2.22. The first-order valence-electron chi connectivity index (χ1n) is 6.09. The van der Waals surface area contributed by atoms with E-state index in [9.17, 15) is 22.0 Å². The Labute approximate surface area is 121 Å². The average molecular weight is 298 g/mol. The Morgan fingerprint density at radius 1 is 0.714 bits per heavy atom. The van der Waals surface area contributed by atoms with Gasteiger partial charge in [-0.2, -0.15) is 0 Å². The van der Waals surface area contributed by atoms with Crippen molar-refractivity contribution in [3.63, 3.8) is 0 Å². The highest BCUT2D eigenvalue weighted by molar-refractivity contribution is 6.32. The molecule has 2 rings (SSSR count). The van der Waals surface area contributed by atoms with E-state index in [1.165, 1.54) is 5.56 Å². The highest BCUT2D eigenvalue weighted by atomic mass is 19.2. The third-order valence-electron chi connectivity index (χ3n) is 2.71. The van der Waals surface area contributed by atoms with Crippen LogP contribution in [0, 0.1) is 29.1 Å². The average Bonchev–Trinajstić information content (AvgIpc) is 2.50. The van der Waals surface area contributed by atoms with Crippen molar-refractivity contribution in [3.05, 3.63) is 65.0 Å². The van der Waals surface area contributed by atoms with Gasteiger partial charge < -0.3 is 0 Å². The van der Waals surface area contributed by atoms with Gasteiger partial charge in [-0.15, -0.1) is 0 Å². The molecule has 0 heterocycles. The smallest absolute Gasteiger partial charge is 0.200 e. The Morgan fingerprint density at radius 2 is 1.10 bits per heavy atom. The standard InChI is InChI=1S/C9H12.C6BF5/c1-8(2)9-6-4-3-5-7-9;7-1-2(8)4(10)6(12)5(11)3(1)9/h3-8H,1-2H3;. The number of benzene rings is 2. The van der Waals surface area contributed by atoms with Gasteiger partial charge in [-0.25, -0.2) is 22.0 Å². The van der Waals surface area contributed by atoms with Gasteiger partial charge in [0, 0.05) is 0 Å². The van der Waals surface area contributed by atoms with Crippen molar-refractivity contribution >= 4 is 13.3 Å². The van der Waals surface area contributed by atoms with Crippen molar-refractivity contribution in [3.8, 4) is 0 Å². The van der Waals surface area contributed by atoms with Gasteiger partial charge >= 0.3 is 0 Å². The van der Waals surface area contributed by atoms with Gasteiger partial charge in [-0.05, 0) is 16.9 Å². The normalized spacial score (nSPS) is 10.3. The molecule has 0 atom stereocenters. The lowest BCUT2D eigenvalue weighted by Crippen LogP contribution is -2.20. The Balaban J connectivity index is 0.000000219. The van der Waals surface area contributed by atoms with Crippen molar-refractivity contribution in [1.82, 2.24) is 0 Å². The summed E-state index contributed by atoms with van der Waals surface area (Å²) in [4.78, 5) is 0. The molecule has 0 bridgehead atoms. The van der Waals surface area contributed by atoms with Gasteiger partial charge in [0.2, 0.25) is 0 Å². The van der Waals surface area contributed by atoms with Gasteiger partial charge in [0.05, 0.1) is 0 Å². The highest BCUT2D eigenvalue weighted by Crippen LogP contribution is 2.14. The molecule has 0 aromatic heterocycles. The fraction of sp³-hybridized carbons (Fsp3) is 0.200. The topological polar surface area (TPSA) is 0 Å². The first-order valence-corrected chi connectivity index (χ1v) is 6.09. The van der Waals surface area contributed by atoms with Crippen molar-refractivity contribution in [2.75, 3.05) is 0 Å². The fourth-order valence-electron chi connectivity index (χ4n) is 1.46. The van der Waals surface area contributed by atoms with Crippen molar-refractivity contribution < 1.29 is 22.0 Å². The molecule has 0 spiro atoms. The lowest BCUT2D eigenvalue weighted by atomic mass is 9.94. The molecule has 2 aromatic carbocycles. The molecule has 0 N–H and O–H groups in total. The van der Waals surface area contributed by atoms with Crippen LogP contribution < -0.4 is 5.46 Å². The van der Waals surface area contributed by atoms with Crippen LogP contribution in [0.3, 0.4) is 0 Å². The van der Waals surface area contributed by atoms with Crippen LogP contribution >= 0.6 is 0 Å². The fourth-order valence-corrected chi connectivity index (χ4v) is 1.46. The van der Waals surface area contributed by atoms with E-state index in [0.29, 0.717) is 5.92 Å². The molecule has 0 amide bonds. The molecule has 6 heteroatoms. The zero-order valence-corrected chi connectivity index (χ0v) is 11.4. The molecule has 0 saturated carbocycles. The minimum atomic E-state index is -2.21. The zero-order valence-electron chi connectivity index (χ0n) is 11.4. The molecule has 0 fully saturated rings. The van der Waals surface area contributed by atoms with Crippen LogP contribution in [0.25, 0.3) is 0 Å². The van der Waals surface area contributed by atoms with Crippen LogP contribution in [0.1, 0.15) is 25.3 Å². The summed E-state index contributed by atoms with van der Waals surface area (Å²) in [6.07, 6.45) is 0. The van der Waals surface area contributed by atoms with Crippen LogP contribution in [0.2, 0.25) is 0 Å². The summed E-state index contributed by atoms with van der Waals surface area (Å²) < 4.78 is 61.1. The maximum Gasteiger partial charge on any atom is 0.200 e. The molecular weight excluding hydrogens is 286 g/mol. The SMILES string of the molecule is CC(C)c1ccccc1.[B]c1c(F)c(F)c(F)c(F)c1F. The second kappa shape index (κ2) is 7.25. The number of rotatable bonds is 1. The monoisotopic (exact) mass is 298 g/mol. The molecule has 0 nitrogen and oxygen atoms in total. The maximum absolute atomic E-state index is 12.3. The minimum absolute atomic E-state index is 0.659. The van der Waals surface area contributed by atoms with Gasteiger partial charge in [-0.1, -0.05) is 44.2 Å². The summed E-state index contributed by atoms with van der Waals surface area (Å²) in [5.74, 6) is -9.64. The Hall–Kier alpha value is -1.85. The number of halogens is 5. The van der Waals surface area contributed by atoms with E-state index in [0.717, 1.165) is 0 Å². The third-order valence-corrected chi connectivity index (χ3v) is 2.71. The molecule has 2 radical (unpaired) electrons.